The first kappa shape index (κ1) is 23.1. The Bertz CT molecular complexity index is 1150. The fourth-order valence-corrected chi connectivity index (χ4v) is 4.35. The van der Waals surface area contributed by atoms with E-state index in [0.29, 0.717) is 30.4 Å². The summed E-state index contributed by atoms with van der Waals surface area (Å²) in [5.74, 6) is -1.41. The molecule has 1 aliphatic carbocycles. The lowest BCUT2D eigenvalue weighted by Crippen LogP contribution is -2.25. The van der Waals surface area contributed by atoms with Crippen LogP contribution in [0.1, 0.15) is 71.2 Å². The lowest BCUT2D eigenvalue weighted by Gasteiger charge is -2.18. The Labute approximate surface area is 192 Å². The number of rotatable bonds is 4. The summed E-state index contributed by atoms with van der Waals surface area (Å²) in [6.07, 6.45) is 5.60. The third-order valence-corrected chi connectivity index (χ3v) is 6.45. The molecule has 0 amide bonds. The van der Waals surface area contributed by atoms with Gasteiger partial charge in [0.05, 0.1) is 30.5 Å². The summed E-state index contributed by atoms with van der Waals surface area (Å²) >= 11 is 0. The molecule has 1 unspecified atom stereocenters. The van der Waals surface area contributed by atoms with Crippen molar-refractivity contribution in [3.8, 4) is 0 Å². The Morgan fingerprint density at radius 2 is 2.09 bits per heavy atom. The summed E-state index contributed by atoms with van der Waals surface area (Å²) in [6.45, 7) is 8.22. The van der Waals surface area contributed by atoms with Crippen molar-refractivity contribution in [3.05, 3.63) is 58.3 Å². The van der Waals surface area contributed by atoms with E-state index in [1.165, 1.54) is 42.9 Å². The summed E-state index contributed by atoms with van der Waals surface area (Å²) in [7, 11) is 0. The minimum absolute atomic E-state index is 0.0311. The number of fused-ring (bicyclic) bond motifs is 1. The Kier molecular flexibility index (Phi) is 6.32. The van der Waals surface area contributed by atoms with Gasteiger partial charge in [-0.3, -0.25) is 14.6 Å². The van der Waals surface area contributed by atoms with Crippen molar-refractivity contribution in [3.63, 3.8) is 0 Å². The third-order valence-electron chi connectivity index (χ3n) is 6.45. The summed E-state index contributed by atoms with van der Waals surface area (Å²) in [5.41, 5.74) is 6.31. The van der Waals surface area contributed by atoms with Crippen LogP contribution in [-0.2, 0) is 13.0 Å². The number of pyridine rings is 1. The second-order valence-electron chi connectivity index (χ2n) is 9.08. The molecule has 0 saturated carbocycles. The van der Waals surface area contributed by atoms with Gasteiger partial charge in [-0.05, 0) is 50.8 Å². The fourth-order valence-electron chi connectivity index (χ4n) is 4.35. The van der Waals surface area contributed by atoms with E-state index in [0.717, 1.165) is 11.3 Å². The summed E-state index contributed by atoms with van der Waals surface area (Å²) < 4.78 is 28.3. The third kappa shape index (κ3) is 5.12. The maximum atomic E-state index is 13.3. The number of hydrogen-bond donors (Lipinski definition) is 1. The van der Waals surface area contributed by atoms with Crippen LogP contribution < -0.4 is 4.90 Å². The number of anilines is 1. The number of Topliss-reactive ketones (excluding diaryl/α,β-unsaturated/α-hetero) is 1. The topological polar surface area (TPSA) is 79.7 Å². The Hall–Kier alpha value is -3.10. The van der Waals surface area contributed by atoms with Gasteiger partial charge >= 0.3 is 0 Å². The van der Waals surface area contributed by atoms with Crippen LogP contribution in [-0.4, -0.2) is 49.8 Å². The van der Waals surface area contributed by atoms with E-state index < -0.39 is 5.92 Å². The number of hydrogen-bond acceptors (Lipinski definition) is 5. The molecule has 1 fully saturated rings. The molecule has 0 bridgehead atoms. The predicted molar refractivity (Wildman–Crippen MR) is 122 cm³/mol. The van der Waals surface area contributed by atoms with Crippen LogP contribution in [0.4, 0.5) is 14.6 Å². The average molecular weight is 457 g/mol. The van der Waals surface area contributed by atoms with Gasteiger partial charge in [-0.1, -0.05) is 13.0 Å². The second kappa shape index (κ2) is 9.03. The number of nitrogens with one attached hydrogen (secondary N) is 1. The molecule has 1 N–H and O–H groups in total. The van der Waals surface area contributed by atoms with E-state index in [1.54, 1.807) is 21.8 Å². The lowest BCUT2D eigenvalue weighted by molar-refractivity contribution is 0.0256. The Balaban J connectivity index is 0.000000214. The molecule has 33 heavy (non-hydrogen) atoms. The molecule has 0 radical (unpaired) electrons. The number of alkyl halides is 2. The highest BCUT2D eigenvalue weighted by Crippen LogP contribution is 2.32. The zero-order chi connectivity index (χ0) is 23.8. The first-order valence-electron chi connectivity index (χ1n) is 11.3. The number of carbonyl (C=O) groups is 1. The maximum absolute atomic E-state index is 13.3. The van der Waals surface area contributed by atoms with Gasteiger partial charge in [0, 0.05) is 36.5 Å². The normalized spacial score (nSPS) is 18.7. The van der Waals surface area contributed by atoms with Crippen molar-refractivity contribution in [1.82, 2.24) is 25.0 Å². The van der Waals surface area contributed by atoms with Crippen molar-refractivity contribution in [2.45, 2.75) is 65.3 Å². The minimum atomic E-state index is -2.63. The minimum Gasteiger partial charge on any atom is -0.350 e. The number of nitrogens with zero attached hydrogens (tertiary/aromatic N) is 5. The van der Waals surface area contributed by atoms with E-state index in [9.17, 15) is 13.6 Å². The molecule has 9 heteroatoms. The monoisotopic (exact) mass is 456 g/mol. The number of aromatic amines is 1. The highest BCUT2D eigenvalue weighted by atomic mass is 19.3. The van der Waals surface area contributed by atoms with E-state index >= 15 is 0 Å². The molecule has 0 spiro atoms. The number of H-pyrrole nitrogens is 1. The first-order valence-corrected chi connectivity index (χ1v) is 11.3. The molecular formula is C24H30F2N6O. The molecule has 2 aliphatic rings. The number of halogens is 2. The van der Waals surface area contributed by atoms with Gasteiger partial charge in [-0.25, -0.2) is 13.8 Å². The van der Waals surface area contributed by atoms with Crippen LogP contribution in [0.2, 0.25) is 0 Å². The largest absolute Gasteiger partial charge is 0.350 e. The van der Waals surface area contributed by atoms with E-state index in [-0.39, 0.29) is 18.7 Å². The van der Waals surface area contributed by atoms with Gasteiger partial charge in [0.25, 0.3) is 5.92 Å². The van der Waals surface area contributed by atoms with Crippen LogP contribution in [0.3, 0.4) is 0 Å². The van der Waals surface area contributed by atoms with Gasteiger partial charge in [-0.2, -0.15) is 10.2 Å². The SMILES string of the molecule is CC(=O)c1cnn(Cc2ccc(N3CCC(F)(F)C3)nc2C)c1.Cc1[nH]nc2c1CCC2C. The van der Waals surface area contributed by atoms with Crippen molar-refractivity contribution < 1.29 is 13.6 Å². The molecule has 176 valence electrons. The fraction of sp³-hybridized carbons (Fsp3) is 0.500. The highest BCUT2D eigenvalue weighted by molar-refractivity contribution is 5.93. The van der Waals surface area contributed by atoms with E-state index in [2.05, 4.69) is 34.1 Å². The molecule has 4 heterocycles. The van der Waals surface area contributed by atoms with Crippen LogP contribution in [0.25, 0.3) is 0 Å². The van der Waals surface area contributed by atoms with Crippen LogP contribution in [0.5, 0.6) is 0 Å². The van der Waals surface area contributed by atoms with E-state index in [4.69, 9.17) is 0 Å². The van der Waals surface area contributed by atoms with E-state index in [1.807, 2.05) is 13.0 Å². The van der Waals surface area contributed by atoms with Crippen LogP contribution in [0.15, 0.2) is 24.5 Å². The number of ketones is 1. The molecule has 1 saturated heterocycles. The Morgan fingerprint density at radius 3 is 2.70 bits per heavy atom. The van der Waals surface area contributed by atoms with Gasteiger partial charge in [0.1, 0.15) is 5.82 Å². The number of aromatic nitrogens is 5. The van der Waals surface area contributed by atoms with Crippen LogP contribution >= 0.6 is 0 Å². The van der Waals surface area contributed by atoms with Crippen molar-refractivity contribution >= 4 is 11.6 Å². The van der Waals surface area contributed by atoms with Gasteiger partial charge < -0.3 is 4.90 Å². The van der Waals surface area contributed by atoms with Crippen molar-refractivity contribution in [1.29, 1.82) is 0 Å². The van der Waals surface area contributed by atoms with Crippen molar-refractivity contribution in [2.75, 3.05) is 18.0 Å². The number of carbonyl (C=O) groups excluding carboxylic acids is 1. The molecular weight excluding hydrogens is 426 g/mol. The Morgan fingerprint density at radius 1 is 1.30 bits per heavy atom. The summed E-state index contributed by atoms with van der Waals surface area (Å²) in [5, 5.41) is 11.4. The number of aryl methyl sites for hydroxylation is 2. The second-order valence-corrected chi connectivity index (χ2v) is 9.08. The van der Waals surface area contributed by atoms with Gasteiger partial charge in [-0.15, -0.1) is 0 Å². The molecule has 5 rings (SSSR count). The first-order chi connectivity index (χ1) is 15.6. The zero-order valence-electron chi connectivity index (χ0n) is 19.5. The predicted octanol–water partition coefficient (Wildman–Crippen LogP) is 4.45. The molecule has 1 atom stereocenters. The molecule has 3 aromatic heterocycles. The quantitative estimate of drug-likeness (QED) is 0.587. The maximum Gasteiger partial charge on any atom is 0.266 e. The molecule has 7 nitrogen and oxygen atoms in total. The van der Waals surface area contributed by atoms with Crippen LogP contribution in [0, 0.1) is 13.8 Å². The van der Waals surface area contributed by atoms with Crippen molar-refractivity contribution in [2.24, 2.45) is 0 Å². The van der Waals surface area contributed by atoms with Gasteiger partial charge in [0.2, 0.25) is 0 Å². The zero-order valence-corrected chi connectivity index (χ0v) is 19.5. The molecule has 3 aromatic rings. The molecule has 0 aromatic carbocycles. The average Bonchev–Trinajstić information content (AvgIpc) is 3.52. The smallest absolute Gasteiger partial charge is 0.266 e. The molecule has 1 aliphatic heterocycles. The highest BCUT2D eigenvalue weighted by Gasteiger charge is 2.38. The lowest BCUT2D eigenvalue weighted by atomic mass is 10.1. The summed E-state index contributed by atoms with van der Waals surface area (Å²) in [4.78, 5) is 17.3. The van der Waals surface area contributed by atoms with Gasteiger partial charge in [0.15, 0.2) is 5.78 Å². The standard InChI is InChI=1S/C16H18F2N4O.C8H12N2/c1-11-13(8-22-9-14(7-19-22)12(2)23)3-4-15(20-11)21-6-5-16(17,18)10-21;1-5-3-4-7-6(2)9-10-8(5)7/h3-4,7,9H,5-6,8,10H2,1-2H3;5H,3-4H2,1-2H3,(H,9,10). The summed E-state index contributed by atoms with van der Waals surface area (Å²) in [6, 6.07) is 3.64.